The van der Waals surface area contributed by atoms with E-state index < -0.39 is 0 Å². The number of aryl methyl sites for hydroxylation is 1. The number of nitrogens with zero attached hydrogens (tertiary/aromatic N) is 3. The Morgan fingerprint density at radius 2 is 2.12 bits per heavy atom. The third-order valence-electron chi connectivity index (χ3n) is 4.83. The molecule has 0 aromatic carbocycles. The van der Waals surface area contributed by atoms with E-state index in [0.29, 0.717) is 13.1 Å². The number of likely N-dealkylation sites (N-methyl/N-ethyl adjacent to an activating group) is 1. The van der Waals surface area contributed by atoms with E-state index in [0.717, 1.165) is 38.0 Å². The molecule has 0 radical (unpaired) electrons. The highest BCUT2D eigenvalue weighted by atomic mass is 32.1. The maximum Gasteiger partial charge on any atom is 0.318 e. The Morgan fingerprint density at radius 3 is 2.81 bits per heavy atom. The number of carbonyl (C=O) groups is 1. The van der Waals surface area contributed by atoms with Gasteiger partial charge >= 0.3 is 6.03 Å². The van der Waals surface area contributed by atoms with Crippen LogP contribution in [0.4, 0.5) is 4.79 Å². The Labute approximate surface area is 160 Å². The molecule has 1 fully saturated rings. The Morgan fingerprint density at radius 1 is 1.31 bits per heavy atom. The topological polar surface area (TPSA) is 48.5 Å². The molecule has 0 bridgehead atoms. The van der Waals surface area contributed by atoms with Crippen molar-refractivity contribution in [2.75, 3.05) is 19.6 Å². The Balaban J connectivity index is 1.68. The van der Waals surface area contributed by atoms with Gasteiger partial charge < -0.3 is 15.1 Å². The first-order chi connectivity index (χ1) is 12.6. The van der Waals surface area contributed by atoms with E-state index in [9.17, 15) is 4.79 Å². The van der Waals surface area contributed by atoms with E-state index in [4.69, 9.17) is 0 Å². The number of aromatic nitrogens is 1. The van der Waals surface area contributed by atoms with Crippen LogP contribution in [0.25, 0.3) is 0 Å². The number of thiophene rings is 1. The number of likely N-dealkylation sites (tertiary alicyclic amines) is 1. The number of amides is 2. The van der Waals surface area contributed by atoms with Gasteiger partial charge in [-0.05, 0) is 62.7 Å². The van der Waals surface area contributed by atoms with Crippen LogP contribution in [-0.2, 0) is 13.1 Å². The highest BCUT2D eigenvalue weighted by Crippen LogP contribution is 2.19. The van der Waals surface area contributed by atoms with E-state index in [1.54, 1.807) is 23.7 Å². The second kappa shape index (κ2) is 9.14. The molecule has 2 amide bonds. The smallest absolute Gasteiger partial charge is 0.318 e. The Bertz CT molecular complexity index is 703. The normalized spacial score (nSPS) is 17.8. The molecule has 3 rings (SSSR count). The van der Waals surface area contributed by atoms with Crippen molar-refractivity contribution < 1.29 is 4.79 Å². The van der Waals surface area contributed by atoms with Crippen LogP contribution in [-0.4, -0.2) is 46.5 Å². The molecule has 1 saturated heterocycles. The Kier molecular flexibility index (Phi) is 6.63. The molecule has 140 valence electrons. The minimum Gasteiger partial charge on any atom is -0.334 e. The van der Waals surface area contributed by atoms with Crippen LogP contribution in [0.3, 0.4) is 0 Å². The summed E-state index contributed by atoms with van der Waals surface area (Å²) in [5.74, 6) is 0. The second-order valence-electron chi connectivity index (χ2n) is 6.91. The zero-order chi connectivity index (χ0) is 18.4. The number of piperidine rings is 1. The van der Waals surface area contributed by atoms with Gasteiger partial charge in [-0.15, -0.1) is 11.3 Å². The number of hydrogen-bond acceptors (Lipinski definition) is 4. The summed E-state index contributed by atoms with van der Waals surface area (Å²) in [5, 5.41) is 3.26. The molecule has 0 spiro atoms. The van der Waals surface area contributed by atoms with Crippen LogP contribution in [0.2, 0.25) is 0 Å². The zero-order valence-corrected chi connectivity index (χ0v) is 16.5. The van der Waals surface area contributed by atoms with Crippen LogP contribution in [0, 0.1) is 6.92 Å². The fourth-order valence-corrected chi connectivity index (χ4v) is 4.30. The van der Waals surface area contributed by atoms with Crippen molar-refractivity contribution in [2.24, 2.45) is 0 Å². The van der Waals surface area contributed by atoms with Gasteiger partial charge in [0.05, 0.1) is 6.54 Å². The molecular formula is C20H28N4OS. The van der Waals surface area contributed by atoms with Crippen LogP contribution in [0.15, 0.2) is 36.7 Å². The van der Waals surface area contributed by atoms with Crippen molar-refractivity contribution in [3.63, 3.8) is 0 Å². The second-order valence-corrected chi connectivity index (χ2v) is 8.28. The first-order valence-electron chi connectivity index (χ1n) is 9.36. The first kappa shape index (κ1) is 18.9. The SMILES string of the molecule is CCN1CCC[C@H](NC(=O)N(Cc2ccncc2)Cc2ccc(C)s2)C1. The standard InChI is InChI=1S/C20H28N4OS/c1-3-23-12-4-5-18(14-23)22-20(25)24(13-17-8-10-21-11-9-17)15-19-7-6-16(2)26-19/h6-11,18H,3-5,12-15H2,1-2H3,(H,22,25)/t18-/m0/s1. The number of carbonyl (C=O) groups excluding carboxylic acids is 1. The molecular weight excluding hydrogens is 344 g/mol. The quantitative estimate of drug-likeness (QED) is 0.842. The molecule has 6 heteroatoms. The van der Waals surface area contributed by atoms with Gasteiger partial charge in [-0.3, -0.25) is 4.98 Å². The maximum absolute atomic E-state index is 13.0. The van der Waals surface area contributed by atoms with Gasteiger partial charge in [-0.2, -0.15) is 0 Å². The third kappa shape index (κ3) is 5.29. The molecule has 0 unspecified atom stereocenters. The molecule has 3 heterocycles. The third-order valence-corrected chi connectivity index (χ3v) is 5.82. The molecule has 2 aromatic heterocycles. The molecule has 1 aliphatic heterocycles. The van der Waals surface area contributed by atoms with Crippen LogP contribution in [0.1, 0.15) is 35.1 Å². The number of urea groups is 1. The summed E-state index contributed by atoms with van der Waals surface area (Å²) >= 11 is 1.75. The predicted octanol–water partition coefficient (Wildman–Crippen LogP) is 3.65. The molecule has 5 nitrogen and oxygen atoms in total. The van der Waals surface area contributed by atoms with Gasteiger partial charge in [0.15, 0.2) is 0 Å². The van der Waals surface area contributed by atoms with Gasteiger partial charge in [0.2, 0.25) is 0 Å². The molecule has 1 N–H and O–H groups in total. The molecule has 26 heavy (non-hydrogen) atoms. The summed E-state index contributed by atoms with van der Waals surface area (Å²) in [4.78, 5) is 23.9. The lowest BCUT2D eigenvalue weighted by atomic mass is 10.1. The van der Waals surface area contributed by atoms with Gasteiger partial charge in [-0.25, -0.2) is 4.79 Å². The number of pyridine rings is 1. The summed E-state index contributed by atoms with van der Waals surface area (Å²) in [6.45, 7) is 8.64. The number of rotatable bonds is 6. The van der Waals surface area contributed by atoms with Crippen LogP contribution < -0.4 is 5.32 Å². The highest BCUT2D eigenvalue weighted by molar-refractivity contribution is 7.11. The zero-order valence-electron chi connectivity index (χ0n) is 15.6. The number of hydrogen-bond donors (Lipinski definition) is 1. The number of nitrogens with one attached hydrogen (secondary N) is 1. The van der Waals surface area contributed by atoms with Crippen molar-refractivity contribution in [3.8, 4) is 0 Å². The summed E-state index contributed by atoms with van der Waals surface area (Å²) in [6, 6.07) is 8.44. The highest BCUT2D eigenvalue weighted by Gasteiger charge is 2.23. The van der Waals surface area contributed by atoms with Crippen molar-refractivity contribution in [3.05, 3.63) is 52.0 Å². The minimum atomic E-state index is 0.0239. The molecule has 1 atom stereocenters. The van der Waals surface area contributed by atoms with Gasteiger partial charge in [0, 0.05) is 41.3 Å². The van der Waals surface area contributed by atoms with Crippen LogP contribution >= 0.6 is 11.3 Å². The van der Waals surface area contributed by atoms with Crippen LogP contribution in [0.5, 0.6) is 0 Å². The Hall–Kier alpha value is -1.92. The fourth-order valence-electron chi connectivity index (χ4n) is 3.39. The van der Waals surface area contributed by atoms with E-state index in [2.05, 4.69) is 41.2 Å². The van der Waals surface area contributed by atoms with E-state index in [1.165, 1.54) is 9.75 Å². The summed E-state index contributed by atoms with van der Waals surface area (Å²) in [7, 11) is 0. The largest absolute Gasteiger partial charge is 0.334 e. The first-order valence-corrected chi connectivity index (χ1v) is 10.2. The lowest BCUT2D eigenvalue weighted by Gasteiger charge is -2.34. The molecule has 0 aliphatic carbocycles. The minimum absolute atomic E-state index is 0.0239. The van der Waals surface area contributed by atoms with Gasteiger partial charge in [-0.1, -0.05) is 6.92 Å². The van der Waals surface area contributed by atoms with Crippen molar-refractivity contribution >= 4 is 17.4 Å². The summed E-state index contributed by atoms with van der Waals surface area (Å²) in [6.07, 6.45) is 5.76. The van der Waals surface area contributed by atoms with Crippen molar-refractivity contribution in [1.29, 1.82) is 0 Å². The average molecular weight is 373 g/mol. The van der Waals surface area contributed by atoms with E-state index in [1.807, 2.05) is 17.0 Å². The predicted molar refractivity (Wildman–Crippen MR) is 106 cm³/mol. The van der Waals surface area contributed by atoms with E-state index in [-0.39, 0.29) is 12.1 Å². The molecule has 0 saturated carbocycles. The fraction of sp³-hybridized carbons (Fsp3) is 0.500. The molecule has 1 aliphatic rings. The lowest BCUT2D eigenvalue weighted by molar-refractivity contribution is 0.166. The van der Waals surface area contributed by atoms with Crippen molar-refractivity contribution in [2.45, 2.75) is 45.8 Å². The van der Waals surface area contributed by atoms with Gasteiger partial charge in [0.25, 0.3) is 0 Å². The lowest BCUT2D eigenvalue weighted by Crippen LogP contribution is -2.51. The monoisotopic (exact) mass is 372 g/mol. The summed E-state index contributed by atoms with van der Waals surface area (Å²) < 4.78 is 0. The average Bonchev–Trinajstić information content (AvgIpc) is 3.07. The summed E-state index contributed by atoms with van der Waals surface area (Å²) in [5.41, 5.74) is 1.10. The maximum atomic E-state index is 13.0. The van der Waals surface area contributed by atoms with E-state index >= 15 is 0 Å². The van der Waals surface area contributed by atoms with Crippen molar-refractivity contribution in [1.82, 2.24) is 20.1 Å². The van der Waals surface area contributed by atoms with Gasteiger partial charge in [0.1, 0.15) is 0 Å². The molecule has 2 aromatic rings.